The van der Waals surface area contributed by atoms with E-state index in [-0.39, 0.29) is 18.6 Å². The Bertz CT molecular complexity index is 417. The van der Waals surface area contributed by atoms with E-state index in [0.717, 1.165) is 17.3 Å². The normalized spacial score (nSPS) is 20.7. The lowest BCUT2D eigenvalue weighted by atomic mass is 10.2. The molecule has 1 saturated heterocycles. The van der Waals surface area contributed by atoms with Gasteiger partial charge in [0.25, 0.3) is 15.9 Å². The molecule has 0 aromatic carbocycles. The van der Waals surface area contributed by atoms with E-state index in [9.17, 15) is 13.2 Å². The number of ether oxygens (including phenoxy) is 1. The molecule has 0 spiro atoms. The SMILES string of the molecule is CC(C)OCCCNCCN1C(=O)C(C)(C)S1(=O)=O. The molecule has 0 aromatic heterocycles. The maximum absolute atomic E-state index is 11.8. The van der Waals surface area contributed by atoms with Gasteiger partial charge in [-0.3, -0.25) is 4.79 Å². The first-order valence-corrected chi connectivity index (χ1v) is 8.04. The van der Waals surface area contributed by atoms with Crippen molar-refractivity contribution in [1.29, 1.82) is 0 Å². The fraction of sp³-hybridized carbons (Fsp3) is 0.917. The zero-order valence-corrected chi connectivity index (χ0v) is 12.9. The van der Waals surface area contributed by atoms with Crippen LogP contribution in [-0.2, 0) is 19.6 Å². The van der Waals surface area contributed by atoms with E-state index in [0.29, 0.717) is 13.2 Å². The molecule has 1 rings (SSSR count). The van der Waals surface area contributed by atoms with Crippen LogP contribution in [0.5, 0.6) is 0 Å². The molecule has 1 fully saturated rings. The van der Waals surface area contributed by atoms with Gasteiger partial charge in [-0.2, -0.15) is 0 Å². The largest absolute Gasteiger partial charge is 0.379 e. The molecule has 1 aliphatic rings. The van der Waals surface area contributed by atoms with Crippen molar-refractivity contribution in [3.8, 4) is 0 Å². The molecule has 0 atom stereocenters. The van der Waals surface area contributed by atoms with Crippen LogP contribution >= 0.6 is 0 Å². The van der Waals surface area contributed by atoms with Crippen molar-refractivity contribution in [2.45, 2.75) is 45.0 Å². The molecule has 0 bridgehead atoms. The lowest BCUT2D eigenvalue weighted by molar-refractivity contribution is -0.132. The van der Waals surface area contributed by atoms with Gasteiger partial charge in [-0.25, -0.2) is 12.7 Å². The predicted octanol–water partition coefficient (Wildman–Crippen LogP) is 0.342. The number of hydrogen-bond acceptors (Lipinski definition) is 5. The molecule has 0 aliphatic carbocycles. The smallest absolute Gasteiger partial charge is 0.258 e. The van der Waals surface area contributed by atoms with Crippen molar-refractivity contribution in [1.82, 2.24) is 9.62 Å². The number of rotatable bonds is 8. The molecule has 6 nitrogen and oxygen atoms in total. The summed E-state index contributed by atoms with van der Waals surface area (Å²) in [5, 5.41) is 3.11. The van der Waals surface area contributed by atoms with Crippen LogP contribution in [-0.4, -0.2) is 55.7 Å². The molecule has 112 valence electrons. The fourth-order valence-corrected chi connectivity index (χ4v) is 3.33. The first kappa shape index (κ1) is 16.4. The Morgan fingerprint density at radius 3 is 2.47 bits per heavy atom. The van der Waals surface area contributed by atoms with Gasteiger partial charge < -0.3 is 10.1 Å². The lowest BCUT2D eigenvalue weighted by Gasteiger charge is -2.43. The topological polar surface area (TPSA) is 75.7 Å². The Kier molecular flexibility index (Phi) is 5.34. The van der Waals surface area contributed by atoms with Crippen LogP contribution < -0.4 is 5.32 Å². The zero-order valence-electron chi connectivity index (χ0n) is 12.1. The molecule has 0 saturated carbocycles. The van der Waals surface area contributed by atoms with Crippen LogP contribution in [0.2, 0.25) is 0 Å². The molecule has 19 heavy (non-hydrogen) atoms. The molecule has 0 unspecified atom stereocenters. The van der Waals surface area contributed by atoms with E-state index in [4.69, 9.17) is 4.74 Å². The molecule has 7 heteroatoms. The first-order valence-electron chi connectivity index (χ1n) is 6.60. The number of sulfonamides is 1. The van der Waals surface area contributed by atoms with E-state index in [1.807, 2.05) is 13.8 Å². The zero-order chi connectivity index (χ0) is 14.7. The van der Waals surface area contributed by atoms with Crippen LogP contribution in [0.25, 0.3) is 0 Å². The van der Waals surface area contributed by atoms with Gasteiger partial charge in [0.1, 0.15) is 0 Å². The Morgan fingerprint density at radius 2 is 1.95 bits per heavy atom. The first-order chi connectivity index (χ1) is 8.71. The Morgan fingerprint density at radius 1 is 1.32 bits per heavy atom. The van der Waals surface area contributed by atoms with Gasteiger partial charge in [0.15, 0.2) is 4.75 Å². The van der Waals surface area contributed by atoms with Crippen LogP contribution in [0.4, 0.5) is 0 Å². The average molecular weight is 292 g/mol. The Labute approximate surface area is 115 Å². The number of carbonyl (C=O) groups is 1. The van der Waals surface area contributed by atoms with Crippen LogP contribution in [0, 0.1) is 0 Å². The van der Waals surface area contributed by atoms with Gasteiger partial charge in [0.05, 0.1) is 6.10 Å². The van der Waals surface area contributed by atoms with Crippen molar-refractivity contribution < 1.29 is 17.9 Å². The van der Waals surface area contributed by atoms with E-state index >= 15 is 0 Å². The quantitative estimate of drug-likeness (QED) is 0.653. The summed E-state index contributed by atoms with van der Waals surface area (Å²) < 4.78 is 28.6. The third-order valence-corrected chi connectivity index (χ3v) is 5.51. The summed E-state index contributed by atoms with van der Waals surface area (Å²) in [5.41, 5.74) is 0. The van der Waals surface area contributed by atoms with Crippen molar-refractivity contribution in [2.24, 2.45) is 0 Å². The molecule has 1 N–H and O–H groups in total. The maximum Gasteiger partial charge on any atom is 0.258 e. The summed E-state index contributed by atoms with van der Waals surface area (Å²) in [6, 6.07) is 0. The number of nitrogens with zero attached hydrogens (tertiary/aromatic N) is 1. The lowest BCUT2D eigenvalue weighted by Crippen LogP contribution is -2.68. The minimum Gasteiger partial charge on any atom is -0.379 e. The van der Waals surface area contributed by atoms with Gasteiger partial charge in [-0.1, -0.05) is 0 Å². The molecule has 1 heterocycles. The van der Waals surface area contributed by atoms with Crippen LogP contribution in [0.1, 0.15) is 34.1 Å². The number of hydrogen-bond donors (Lipinski definition) is 1. The average Bonchev–Trinajstić information content (AvgIpc) is 2.31. The summed E-state index contributed by atoms with van der Waals surface area (Å²) in [6.45, 7) is 8.95. The highest BCUT2D eigenvalue weighted by Gasteiger charge is 2.59. The Balaban J connectivity index is 2.17. The maximum atomic E-state index is 11.8. The molecular weight excluding hydrogens is 268 g/mol. The number of carbonyl (C=O) groups excluding carboxylic acids is 1. The minimum absolute atomic E-state index is 0.204. The van der Waals surface area contributed by atoms with Crippen LogP contribution in [0.3, 0.4) is 0 Å². The number of amides is 1. The highest BCUT2D eigenvalue weighted by molar-refractivity contribution is 7.94. The van der Waals surface area contributed by atoms with Crippen molar-refractivity contribution in [3.05, 3.63) is 0 Å². The van der Waals surface area contributed by atoms with Gasteiger partial charge in [-0.15, -0.1) is 0 Å². The van der Waals surface area contributed by atoms with Gasteiger partial charge in [0.2, 0.25) is 0 Å². The molecule has 0 aromatic rings. The van der Waals surface area contributed by atoms with E-state index in [2.05, 4.69) is 5.32 Å². The number of nitrogens with one attached hydrogen (secondary N) is 1. The van der Waals surface area contributed by atoms with Crippen LogP contribution in [0.15, 0.2) is 0 Å². The van der Waals surface area contributed by atoms with Crippen molar-refractivity contribution in [3.63, 3.8) is 0 Å². The van der Waals surface area contributed by atoms with Gasteiger partial charge in [-0.05, 0) is 40.7 Å². The fourth-order valence-electron chi connectivity index (χ4n) is 1.80. The molecule has 0 radical (unpaired) electrons. The van der Waals surface area contributed by atoms with Crippen molar-refractivity contribution >= 4 is 15.9 Å². The highest BCUT2D eigenvalue weighted by Crippen LogP contribution is 2.34. The van der Waals surface area contributed by atoms with E-state index < -0.39 is 14.8 Å². The monoisotopic (exact) mass is 292 g/mol. The minimum atomic E-state index is -3.44. The second kappa shape index (κ2) is 6.19. The second-order valence-corrected chi connectivity index (χ2v) is 7.83. The molecule has 1 aliphatic heterocycles. The summed E-state index contributed by atoms with van der Waals surface area (Å²) >= 11 is 0. The van der Waals surface area contributed by atoms with Gasteiger partial charge >= 0.3 is 0 Å². The predicted molar refractivity (Wildman–Crippen MR) is 73.3 cm³/mol. The van der Waals surface area contributed by atoms with Crippen molar-refractivity contribution in [2.75, 3.05) is 26.2 Å². The third-order valence-electron chi connectivity index (χ3n) is 3.12. The summed E-state index contributed by atoms with van der Waals surface area (Å²) in [4.78, 5) is 11.6. The summed E-state index contributed by atoms with van der Waals surface area (Å²) in [7, 11) is -3.44. The summed E-state index contributed by atoms with van der Waals surface area (Å²) in [5.74, 6) is -0.322. The molecular formula is C12H24N2O4S. The Hall–Kier alpha value is -0.660. The third kappa shape index (κ3) is 3.46. The van der Waals surface area contributed by atoms with E-state index in [1.54, 1.807) is 0 Å². The standard InChI is InChI=1S/C12H24N2O4S/c1-10(2)18-9-5-6-13-7-8-14-11(15)12(3,4)19(14,16)17/h10,13H,5-9H2,1-4H3. The highest BCUT2D eigenvalue weighted by atomic mass is 32.2. The summed E-state index contributed by atoms with van der Waals surface area (Å²) in [6.07, 6.45) is 1.09. The second-order valence-electron chi connectivity index (χ2n) is 5.42. The van der Waals surface area contributed by atoms with E-state index in [1.165, 1.54) is 13.8 Å². The van der Waals surface area contributed by atoms with Gasteiger partial charge in [0, 0.05) is 19.7 Å². The molecule has 1 amide bonds.